The van der Waals surface area contributed by atoms with Crippen molar-refractivity contribution in [2.24, 2.45) is 5.92 Å². The Kier molecular flexibility index (Phi) is 5.92. The van der Waals surface area contributed by atoms with E-state index in [4.69, 9.17) is 9.84 Å². The van der Waals surface area contributed by atoms with E-state index in [1.54, 1.807) is 16.3 Å². The second-order valence-electron chi connectivity index (χ2n) is 7.70. The number of esters is 1. The van der Waals surface area contributed by atoms with E-state index in [-0.39, 0.29) is 17.8 Å². The second kappa shape index (κ2) is 8.75. The molecule has 0 unspecified atom stereocenters. The molecule has 29 heavy (non-hydrogen) atoms. The van der Waals surface area contributed by atoms with Crippen molar-refractivity contribution in [1.82, 2.24) is 24.7 Å². The summed E-state index contributed by atoms with van der Waals surface area (Å²) < 4.78 is 6.87. The maximum atomic E-state index is 12.7. The SMILES string of the molecule is CCOC(=O)[C@@H]1CCCN(C(=O)CCc2nnc3ccc(N4CCCC4)nn23)C1. The second-order valence-corrected chi connectivity index (χ2v) is 7.70. The molecule has 0 saturated carbocycles. The normalized spacial score (nSPS) is 19.7. The van der Waals surface area contributed by atoms with Crippen molar-refractivity contribution in [3.05, 3.63) is 18.0 Å². The van der Waals surface area contributed by atoms with Gasteiger partial charge in [0.25, 0.3) is 0 Å². The lowest BCUT2D eigenvalue weighted by Gasteiger charge is -2.31. The molecule has 0 N–H and O–H groups in total. The van der Waals surface area contributed by atoms with Gasteiger partial charge < -0.3 is 14.5 Å². The molecule has 2 aliphatic rings. The third kappa shape index (κ3) is 4.33. The number of ether oxygens (including phenoxy) is 1. The molecule has 1 amide bonds. The molecule has 0 aliphatic carbocycles. The van der Waals surface area contributed by atoms with Gasteiger partial charge in [-0.2, -0.15) is 4.52 Å². The minimum absolute atomic E-state index is 0.0337. The minimum atomic E-state index is -0.216. The Morgan fingerprint density at radius 2 is 1.97 bits per heavy atom. The number of carbonyl (C=O) groups is 2. The van der Waals surface area contributed by atoms with Crippen LogP contribution < -0.4 is 4.90 Å². The van der Waals surface area contributed by atoms with Crippen LogP contribution in [0.1, 0.15) is 44.9 Å². The zero-order valence-corrected chi connectivity index (χ0v) is 16.9. The van der Waals surface area contributed by atoms with Crippen molar-refractivity contribution < 1.29 is 14.3 Å². The van der Waals surface area contributed by atoms with Crippen molar-refractivity contribution in [3.63, 3.8) is 0 Å². The summed E-state index contributed by atoms with van der Waals surface area (Å²) in [5.41, 5.74) is 0.691. The van der Waals surface area contributed by atoms with Gasteiger partial charge in [0.05, 0.1) is 12.5 Å². The van der Waals surface area contributed by atoms with Gasteiger partial charge in [-0.15, -0.1) is 15.3 Å². The monoisotopic (exact) mass is 400 g/mol. The van der Waals surface area contributed by atoms with Gasteiger partial charge in [-0.3, -0.25) is 9.59 Å². The van der Waals surface area contributed by atoms with Crippen LogP contribution in [0.5, 0.6) is 0 Å². The number of likely N-dealkylation sites (tertiary alicyclic amines) is 1. The summed E-state index contributed by atoms with van der Waals surface area (Å²) in [5, 5.41) is 13.1. The number of hydrogen-bond donors (Lipinski definition) is 0. The molecule has 2 aromatic heterocycles. The summed E-state index contributed by atoms with van der Waals surface area (Å²) in [6, 6.07) is 3.90. The molecule has 0 radical (unpaired) electrons. The predicted molar refractivity (Wildman–Crippen MR) is 106 cm³/mol. The summed E-state index contributed by atoms with van der Waals surface area (Å²) in [6.45, 7) is 5.34. The average molecular weight is 400 g/mol. The Balaban J connectivity index is 1.39. The largest absolute Gasteiger partial charge is 0.466 e. The Labute approximate surface area is 170 Å². The summed E-state index contributed by atoms with van der Waals surface area (Å²) >= 11 is 0. The lowest BCUT2D eigenvalue weighted by molar-refractivity contribution is -0.151. The average Bonchev–Trinajstić information content (AvgIpc) is 3.42. The van der Waals surface area contributed by atoms with Gasteiger partial charge in [0.1, 0.15) is 5.82 Å². The number of carbonyl (C=O) groups excluding carboxylic acids is 2. The maximum absolute atomic E-state index is 12.7. The highest BCUT2D eigenvalue weighted by atomic mass is 16.5. The molecule has 2 fully saturated rings. The quantitative estimate of drug-likeness (QED) is 0.678. The number of anilines is 1. The number of rotatable bonds is 6. The maximum Gasteiger partial charge on any atom is 0.310 e. The van der Waals surface area contributed by atoms with Gasteiger partial charge in [0.2, 0.25) is 5.91 Å². The molecule has 156 valence electrons. The summed E-state index contributed by atoms with van der Waals surface area (Å²) in [5.74, 6) is 1.23. The first kappa shape index (κ1) is 19.6. The highest BCUT2D eigenvalue weighted by molar-refractivity contribution is 5.78. The van der Waals surface area contributed by atoms with Crippen LogP contribution in [0, 0.1) is 5.92 Å². The van der Waals surface area contributed by atoms with Crippen LogP contribution in [0.2, 0.25) is 0 Å². The number of hydrogen-bond acceptors (Lipinski definition) is 7. The molecule has 0 spiro atoms. The van der Waals surface area contributed by atoms with Crippen LogP contribution in [0.3, 0.4) is 0 Å². The van der Waals surface area contributed by atoms with Gasteiger partial charge in [0.15, 0.2) is 11.5 Å². The number of aryl methyl sites for hydroxylation is 1. The van der Waals surface area contributed by atoms with Crippen LogP contribution >= 0.6 is 0 Å². The van der Waals surface area contributed by atoms with Crippen LogP contribution in [-0.4, -0.2) is 69.4 Å². The molecule has 2 aliphatic heterocycles. The van der Waals surface area contributed by atoms with Gasteiger partial charge >= 0.3 is 5.97 Å². The molecule has 9 nitrogen and oxygen atoms in total. The Morgan fingerprint density at radius 3 is 2.76 bits per heavy atom. The fourth-order valence-electron chi connectivity index (χ4n) is 4.13. The van der Waals surface area contributed by atoms with Crippen molar-refractivity contribution in [3.8, 4) is 0 Å². The van der Waals surface area contributed by atoms with E-state index in [0.29, 0.717) is 44.0 Å². The molecule has 0 aromatic carbocycles. The Bertz CT molecular complexity index is 876. The molecular weight excluding hydrogens is 372 g/mol. The number of nitrogens with zero attached hydrogens (tertiary/aromatic N) is 6. The van der Waals surface area contributed by atoms with E-state index in [1.165, 1.54) is 12.8 Å². The molecule has 4 heterocycles. The first-order valence-corrected chi connectivity index (χ1v) is 10.6. The zero-order chi connectivity index (χ0) is 20.2. The topological polar surface area (TPSA) is 92.9 Å². The number of fused-ring (bicyclic) bond motifs is 1. The van der Waals surface area contributed by atoms with E-state index in [0.717, 1.165) is 31.7 Å². The first-order valence-electron chi connectivity index (χ1n) is 10.6. The summed E-state index contributed by atoms with van der Waals surface area (Å²) in [6.07, 6.45) is 4.77. The highest BCUT2D eigenvalue weighted by Crippen LogP contribution is 2.20. The Morgan fingerprint density at radius 1 is 1.14 bits per heavy atom. The highest BCUT2D eigenvalue weighted by Gasteiger charge is 2.29. The molecule has 9 heteroatoms. The number of amides is 1. The predicted octanol–water partition coefficient (Wildman–Crippen LogP) is 1.46. The van der Waals surface area contributed by atoms with Gasteiger partial charge in [-0.05, 0) is 44.7 Å². The number of aromatic nitrogens is 4. The van der Waals surface area contributed by atoms with Crippen molar-refractivity contribution in [1.29, 1.82) is 0 Å². The molecule has 0 bridgehead atoms. The molecule has 2 aromatic rings. The molecule has 1 atom stereocenters. The number of piperidine rings is 1. The summed E-state index contributed by atoms with van der Waals surface area (Å²) in [4.78, 5) is 28.8. The van der Waals surface area contributed by atoms with E-state index in [9.17, 15) is 9.59 Å². The third-order valence-electron chi connectivity index (χ3n) is 5.70. The van der Waals surface area contributed by atoms with Crippen molar-refractivity contribution in [2.45, 2.75) is 45.4 Å². The van der Waals surface area contributed by atoms with E-state index >= 15 is 0 Å². The lowest BCUT2D eigenvalue weighted by atomic mass is 9.98. The van der Waals surface area contributed by atoms with Gasteiger partial charge in [0, 0.05) is 39.0 Å². The summed E-state index contributed by atoms with van der Waals surface area (Å²) in [7, 11) is 0. The van der Waals surface area contributed by atoms with Crippen molar-refractivity contribution in [2.75, 3.05) is 37.7 Å². The zero-order valence-electron chi connectivity index (χ0n) is 16.9. The standard InChI is InChI=1S/C20H28N6O3/c1-2-29-20(28)15-6-5-13-25(14-15)19(27)10-9-17-22-21-16-7-8-18(23-26(16)17)24-11-3-4-12-24/h7-8,15H,2-6,9-14H2,1H3/t15-/m1/s1. The fourth-order valence-corrected chi connectivity index (χ4v) is 4.13. The van der Waals surface area contributed by atoms with Crippen LogP contribution in [0.25, 0.3) is 5.65 Å². The van der Waals surface area contributed by atoms with Gasteiger partial charge in [-0.25, -0.2) is 0 Å². The Hall–Kier alpha value is -2.71. The van der Waals surface area contributed by atoms with E-state index in [2.05, 4.69) is 15.1 Å². The van der Waals surface area contributed by atoms with Crippen LogP contribution in [0.4, 0.5) is 5.82 Å². The van der Waals surface area contributed by atoms with E-state index in [1.807, 2.05) is 12.1 Å². The molecular formula is C20H28N6O3. The smallest absolute Gasteiger partial charge is 0.310 e. The molecule has 2 saturated heterocycles. The minimum Gasteiger partial charge on any atom is -0.466 e. The van der Waals surface area contributed by atoms with Crippen LogP contribution in [-0.2, 0) is 20.7 Å². The van der Waals surface area contributed by atoms with Gasteiger partial charge in [-0.1, -0.05) is 0 Å². The third-order valence-corrected chi connectivity index (χ3v) is 5.70. The lowest BCUT2D eigenvalue weighted by Crippen LogP contribution is -2.42. The van der Waals surface area contributed by atoms with Crippen molar-refractivity contribution >= 4 is 23.3 Å². The van der Waals surface area contributed by atoms with Crippen LogP contribution in [0.15, 0.2) is 12.1 Å². The molecule has 4 rings (SSSR count). The fraction of sp³-hybridized carbons (Fsp3) is 0.650. The van der Waals surface area contributed by atoms with E-state index < -0.39 is 0 Å². The first-order chi connectivity index (χ1) is 14.2.